The van der Waals surface area contributed by atoms with E-state index in [1.165, 1.54) is 36.0 Å². The second-order valence-electron chi connectivity index (χ2n) is 7.16. The second-order valence-corrected chi connectivity index (χ2v) is 8.20. The summed E-state index contributed by atoms with van der Waals surface area (Å²) in [5.74, 6) is -1.05. The summed E-state index contributed by atoms with van der Waals surface area (Å²) in [5.41, 5.74) is 4.90. The summed E-state index contributed by atoms with van der Waals surface area (Å²) < 4.78 is 72.3. The van der Waals surface area contributed by atoms with E-state index in [0.29, 0.717) is 22.9 Å². The topological polar surface area (TPSA) is 47.6 Å². The molecule has 2 N–H and O–H groups in total. The number of amidine groups is 1. The molecule has 0 unspecified atom stereocenters. The standard InChI is InChI=1S/C20H17F5N2OS/c21-14-5-6-15(16(22)8-14)19-10-28-17(7-13(19)9-29-18(26)27-19)11-1-3-12(4-2-11)20(23,24)25/h1-6,8,13,17H,7,9-10H2,(H2,26,27)/t13-,17+,19-/m0/s1. The van der Waals surface area contributed by atoms with Gasteiger partial charge in [-0.3, -0.25) is 0 Å². The summed E-state index contributed by atoms with van der Waals surface area (Å²) in [7, 11) is 0. The molecule has 2 aliphatic heterocycles. The average Bonchev–Trinajstić information content (AvgIpc) is 2.66. The molecule has 2 heterocycles. The molecule has 0 amide bonds. The number of ether oxygens (including phenoxy) is 1. The van der Waals surface area contributed by atoms with Crippen LogP contribution in [0.5, 0.6) is 0 Å². The predicted octanol–water partition coefficient (Wildman–Crippen LogP) is 5.02. The zero-order valence-electron chi connectivity index (χ0n) is 15.0. The molecule has 1 saturated heterocycles. The Morgan fingerprint density at radius 2 is 1.83 bits per heavy atom. The number of fused-ring (bicyclic) bond motifs is 1. The van der Waals surface area contributed by atoms with Crippen LogP contribution in [-0.2, 0) is 16.5 Å². The Bertz CT molecular complexity index is 947. The second kappa shape index (κ2) is 7.28. The highest BCUT2D eigenvalue weighted by molar-refractivity contribution is 8.13. The first kappa shape index (κ1) is 20.2. The Labute approximate surface area is 168 Å². The van der Waals surface area contributed by atoms with Crippen LogP contribution in [0.1, 0.15) is 29.2 Å². The van der Waals surface area contributed by atoms with E-state index in [9.17, 15) is 22.0 Å². The van der Waals surface area contributed by atoms with Crippen LogP contribution in [0.25, 0.3) is 0 Å². The fourth-order valence-electron chi connectivity index (χ4n) is 3.93. The largest absolute Gasteiger partial charge is 0.416 e. The van der Waals surface area contributed by atoms with Crippen LogP contribution in [-0.4, -0.2) is 17.5 Å². The SMILES string of the molecule is NC1=N[C@@]2(c3ccc(F)cc3F)CO[C@@H](c3ccc(C(F)(F)F)cc3)C[C@H]2CS1. The summed E-state index contributed by atoms with van der Waals surface area (Å²) in [5, 5.41) is 0.293. The predicted molar refractivity (Wildman–Crippen MR) is 100 cm³/mol. The lowest BCUT2D eigenvalue weighted by Gasteiger charge is -2.46. The van der Waals surface area contributed by atoms with Crippen LogP contribution in [0.15, 0.2) is 47.5 Å². The van der Waals surface area contributed by atoms with Gasteiger partial charge in [0.2, 0.25) is 0 Å². The molecule has 9 heteroatoms. The van der Waals surface area contributed by atoms with E-state index >= 15 is 0 Å². The molecular weight excluding hydrogens is 411 g/mol. The highest BCUT2D eigenvalue weighted by Crippen LogP contribution is 2.49. The van der Waals surface area contributed by atoms with Gasteiger partial charge in [-0.2, -0.15) is 13.2 Å². The highest BCUT2D eigenvalue weighted by Gasteiger charge is 2.49. The van der Waals surface area contributed by atoms with Crippen molar-refractivity contribution in [1.29, 1.82) is 0 Å². The number of hydrogen-bond donors (Lipinski definition) is 1. The molecule has 1 fully saturated rings. The van der Waals surface area contributed by atoms with Crippen molar-refractivity contribution in [2.45, 2.75) is 24.2 Å². The lowest BCUT2D eigenvalue weighted by atomic mass is 9.74. The maximum atomic E-state index is 14.6. The molecule has 0 saturated carbocycles. The van der Waals surface area contributed by atoms with E-state index in [2.05, 4.69) is 4.99 Å². The lowest BCUT2D eigenvalue weighted by Crippen LogP contribution is -2.48. The van der Waals surface area contributed by atoms with Crippen LogP contribution >= 0.6 is 11.8 Å². The van der Waals surface area contributed by atoms with Crippen molar-refractivity contribution in [2.75, 3.05) is 12.4 Å². The number of nitrogens with zero attached hydrogens (tertiary/aromatic N) is 1. The van der Waals surface area contributed by atoms with Crippen molar-refractivity contribution in [3.05, 3.63) is 70.8 Å². The van der Waals surface area contributed by atoms with Gasteiger partial charge in [-0.05, 0) is 30.2 Å². The molecule has 2 aromatic rings. The Morgan fingerprint density at radius 1 is 1.10 bits per heavy atom. The maximum absolute atomic E-state index is 14.6. The fraction of sp³-hybridized carbons (Fsp3) is 0.350. The minimum Gasteiger partial charge on any atom is -0.379 e. The van der Waals surface area contributed by atoms with Gasteiger partial charge >= 0.3 is 6.18 Å². The third-order valence-corrected chi connectivity index (χ3v) is 6.38. The molecule has 0 spiro atoms. The minimum absolute atomic E-state index is 0.00678. The molecule has 29 heavy (non-hydrogen) atoms. The zero-order chi connectivity index (χ0) is 20.8. The summed E-state index contributed by atoms with van der Waals surface area (Å²) >= 11 is 1.34. The van der Waals surface area contributed by atoms with E-state index < -0.39 is 35.0 Å². The third kappa shape index (κ3) is 3.73. The van der Waals surface area contributed by atoms with Crippen molar-refractivity contribution < 1.29 is 26.7 Å². The van der Waals surface area contributed by atoms with Gasteiger partial charge in [-0.25, -0.2) is 13.8 Å². The van der Waals surface area contributed by atoms with Gasteiger partial charge in [0.25, 0.3) is 0 Å². The number of nitrogens with two attached hydrogens (primary N) is 1. The number of thioether (sulfide) groups is 1. The quantitative estimate of drug-likeness (QED) is 0.684. The van der Waals surface area contributed by atoms with Gasteiger partial charge in [0.15, 0.2) is 5.17 Å². The molecule has 154 valence electrons. The monoisotopic (exact) mass is 428 g/mol. The maximum Gasteiger partial charge on any atom is 0.416 e. The molecule has 2 aromatic carbocycles. The molecule has 0 aromatic heterocycles. The summed E-state index contributed by atoms with van der Waals surface area (Å²) in [4.78, 5) is 4.49. The number of halogens is 5. The first-order valence-electron chi connectivity index (χ1n) is 8.91. The average molecular weight is 428 g/mol. The van der Waals surface area contributed by atoms with Crippen LogP contribution in [0.3, 0.4) is 0 Å². The van der Waals surface area contributed by atoms with E-state index in [1.807, 2.05) is 0 Å². The molecule has 0 aliphatic carbocycles. The first-order chi connectivity index (χ1) is 13.7. The van der Waals surface area contributed by atoms with Gasteiger partial charge in [0.1, 0.15) is 17.2 Å². The molecule has 2 aliphatic rings. The van der Waals surface area contributed by atoms with Gasteiger partial charge < -0.3 is 10.5 Å². The number of aliphatic imine (C=N–C) groups is 1. The third-order valence-electron chi connectivity index (χ3n) is 5.43. The molecular formula is C20H17F5N2OS. The van der Waals surface area contributed by atoms with Crippen LogP contribution in [0.4, 0.5) is 22.0 Å². The number of alkyl halides is 3. The molecule has 4 rings (SSSR count). The number of hydrogen-bond acceptors (Lipinski definition) is 4. The van der Waals surface area contributed by atoms with Crippen molar-refractivity contribution in [2.24, 2.45) is 16.6 Å². The van der Waals surface area contributed by atoms with E-state index in [1.54, 1.807) is 0 Å². The zero-order valence-corrected chi connectivity index (χ0v) is 15.9. The van der Waals surface area contributed by atoms with Gasteiger partial charge in [0, 0.05) is 23.3 Å². The van der Waals surface area contributed by atoms with Crippen LogP contribution in [0.2, 0.25) is 0 Å². The summed E-state index contributed by atoms with van der Waals surface area (Å²) in [6.07, 6.45) is -4.44. The van der Waals surface area contributed by atoms with E-state index in [4.69, 9.17) is 10.5 Å². The van der Waals surface area contributed by atoms with Crippen LogP contribution < -0.4 is 5.73 Å². The van der Waals surface area contributed by atoms with Gasteiger partial charge in [-0.15, -0.1) is 0 Å². The summed E-state index contributed by atoms with van der Waals surface area (Å²) in [6.45, 7) is -0.00678. The van der Waals surface area contributed by atoms with Crippen molar-refractivity contribution in [1.82, 2.24) is 0 Å². The summed E-state index contributed by atoms with van der Waals surface area (Å²) in [6, 6.07) is 8.15. The Hall–Kier alpha value is -2.13. The fourth-order valence-corrected chi connectivity index (χ4v) is 4.94. The molecule has 3 nitrogen and oxygen atoms in total. The minimum atomic E-state index is -4.41. The Balaban J connectivity index is 1.65. The van der Waals surface area contributed by atoms with E-state index in [0.717, 1.165) is 18.2 Å². The van der Waals surface area contributed by atoms with Gasteiger partial charge in [0.05, 0.1) is 18.3 Å². The number of benzene rings is 2. The Kier molecular flexibility index (Phi) is 5.06. The highest BCUT2D eigenvalue weighted by atomic mass is 32.2. The van der Waals surface area contributed by atoms with Crippen molar-refractivity contribution in [3.63, 3.8) is 0 Å². The Morgan fingerprint density at radius 3 is 2.48 bits per heavy atom. The number of rotatable bonds is 2. The van der Waals surface area contributed by atoms with Crippen molar-refractivity contribution in [3.8, 4) is 0 Å². The van der Waals surface area contributed by atoms with Gasteiger partial charge in [-0.1, -0.05) is 30.0 Å². The molecule has 0 radical (unpaired) electrons. The smallest absolute Gasteiger partial charge is 0.379 e. The molecule has 0 bridgehead atoms. The van der Waals surface area contributed by atoms with E-state index in [-0.39, 0.29) is 18.1 Å². The first-order valence-corrected chi connectivity index (χ1v) is 9.90. The molecule has 3 atom stereocenters. The normalized spacial score (nSPS) is 27.3. The van der Waals surface area contributed by atoms with Crippen LogP contribution in [0, 0.1) is 17.6 Å². The lowest BCUT2D eigenvalue weighted by molar-refractivity contribution is -0.137. The van der Waals surface area contributed by atoms with Crippen molar-refractivity contribution >= 4 is 16.9 Å².